The van der Waals surface area contributed by atoms with Crippen molar-refractivity contribution < 1.29 is 16.8 Å². The van der Waals surface area contributed by atoms with E-state index in [1.165, 1.54) is 28.6 Å². The van der Waals surface area contributed by atoms with Gasteiger partial charge in [-0.25, -0.2) is 21.1 Å². The van der Waals surface area contributed by atoms with Crippen molar-refractivity contribution in [3.63, 3.8) is 0 Å². The van der Waals surface area contributed by atoms with Gasteiger partial charge in [-0.2, -0.15) is 0 Å². The van der Waals surface area contributed by atoms with Crippen LogP contribution in [-0.2, 0) is 19.1 Å². The minimum atomic E-state index is -3.84. The van der Waals surface area contributed by atoms with E-state index >= 15 is 0 Å². The molecule has 1 aliphatic carbocycles. The molecule has 0 atom stereocenters. The van der Waals surface area contributed by atoms with Crippen molar-refractivity contribution in [1.82, 2.24) is 4.31 Å². The molecule has 8 heteroatoms. The van der Waals surface area contributed by atoms with E-state index in [-0.39, 0.29) is 9.79 Å². The Morgan fingerprint density at radius 2 is 1.60 bits per heavy atom. The van der Waals surface area contributed by atoms with Crippen LogP contribution in [0.25, 0.3) is 0 Å². The highest BCUT2D eigenvalue weighted by atomic mass is 35.7. The lowest BCUT2D eigenvalue weighted by atomic mass is 9.86. The van der Waals surface area contributed by atoms with Gasteiger partial charge in [0.15, 0.2) is 0 Å². The standard InChI is InChI=1S/C12H16ClNO4S2/c1-14(9-10-3-2-4-10)20(17,18)12-7-5-11(6-8-12)19(13,15)16/h5-8,10H,2-4,9H2,1H3. The third-order valence-electron chi connectivity index (χ3n) is 3.55. The molecule has 0 spiro atoms. The molecule has 2 rings (SSSR count). The number of hydrogen-bond acceptors (Lipinski definition) is 4. The summed E-state index contributed by atoms with van der Waals surface area (Å²) in [5, 5.41) is 0. The Bertz CT molecular complexity index is 679. The fourth-order valence-corrected chi connectivity index (χ4v) is 4.11. The summed E-state index contributed by atoms with van der Waals surface area (Å²) >= 11 is 0. The average molecular weight is 338 g/mol. The minimum absolute atomic E-state index is 0.0726. The smallest absolute Gasteiger partial charge is 0.207 e. The Kier molecular flexibility index (Phi) is 4.44. The number of sulfonamides is 1. The molecule has 1 aromatic rings. The van der Waals surface area contributed by atoms with Crippen LogP contribution in [0.2, 0.25) is 0 Å². The quantitative estimate of drug-likeness (QED) is 0.771. The first-order valence-electron chi connectivity index (χ1n) is 6.22. The predicted octanol–water partition coefficient (Wildman–Crippen LogP) is 2.03. The summed E-state index contributed by atoms with van der Waals surface area (Å²) in [5.41, 5.74) is 0. The Balaban J connectivity index is 2.20. The van der Waals surface area contributed by atoms with Crippen LogP contribution in [0.4, 0.5) is 0 Å². The topological polar surface area (TPSA) is 71.5 Å². The van der Waals surface area contributed by atoms with Gasteiger partial charge in [0.2, 0.25) is 10.0 Å². The van der Waals surface area contributed by atoms with E-state index in [4.69, 9.17) is 10.7 Å². The average Bonchev–Trinajstić information content (AvgIpc) is 2.32. The van der Waals surface area contributed by atoms with Crippen molar-refractivity contribution in [1.29, 1.82) is 0 Å². The minimum Gasteiger partial charge on any atom is -0.207 e. The van der Waals surface area contributed by atoms with Crippen LogP contribution in [0.5, 0.6) is 0 Å². The summed E-state index contributed by atoms with van der Waals surface area (Å²) in [4.78, 5) is -0.0387. The first kappa shape index (κ1) is 15.8. The molecule has 1 aliphatic rings. The summed E-state index contributed by atoms with van der Waals surface area (Å²) in [6, 6.07) is 4.93. The SMILES string of the molecule is CN(CC1CCC1)S(=O)(=O)c1ccc(S(=O)(=O)Cl)cc1. The van der Waals surface area contributed by atoms with Gasteiger partial charge in [0.25, 0.3) is 9.05 Å². The van der Waals surface area contributed by atoms with Gasteiger partial charge in [-0.05, 0) is 43.0 Å². The number of benzene rings is 1. The highest BCUT2D eigenvalue weighted by Crippen LogP contribution is 2.28. The lowest BCUT2D eigenvalue weighted by molar-refractivity contribution is 0.263. The molecule has 0 amide bonds. The lowest BCUT2D eigenvalue weighted by Crippen LogP contribution is -2.34. The second kappa shape index (κ2) is 5.63. The highest BCUT2D eigenvalue weighted by molar-refractivity contribution is 8.13. The molecule has 1 aromatic carbocycles. The number of halogens is 1. The van der Waals surface area contributed by atoms with Gasteiger partial charge < -0.3 is 0 Å². The van der Waals surface area contributed by atoms with Crippen molar-refractivity contribution in [2.24, 2.45) is 5.92 Å². The third kappa shape index (κ3) is 3.33. The molecule has 0 unspecified atom stereocenters. The molecule has 1 saturated carbocycles. The zero-order valence-corrected chi connectivity index (χ0v) is 13.4. The lowest BCUT2D eigenvalue weighted by Gasteiger charge is -2.29. The van der Waals surface area contributed by atoms with Crippen LogP contribution >= 0.6 is 10.7 Å². The fraction of sp³-hybridized carbons (Fsp3) is 0.500. The van der Waals surface area contributed by atoms with Gasteiger partial charge in [0, 0.05) is 24.3 Å². The van der Waals surface area contributed by atoms with Crippen LogP contribution in [0.3, 0.4) is 0 Å². The fourth-order valence-electron chi connectivity index (χ4n) is 2.09. The Morgan fingerprint density at radius 1 is 1.10 bits per heavy atom. The second-order valence-electron chi connectivity index (χ2n) is 4.99. The number of nitrogens with zero attached hydrogens (tertiary/aromatic N) is 1. The van der Waals surface area contributed by atoms with Crippen molar-refractivity contribution in [3.8, 4) is 0 Å². The molecule has 20 heavy (non-hydrogen) atoms. The summed E-state index contributed by atoms with van der Waals surface area (Å²) in [6.45, 7) is 0.498. The van der Waals surface area contributed by atoms with E-state index in [1.54, 1.807) is 7.05 Å². The summed E-state index contributed by atoms with van der Waals surface area (Å²) < 4.78 is 48.2. The van der Waals surface area contributed by atoms with Crippen molar-refractivity contribution in [3.05, 3.63) is 24.3 Å². The first-order valence-corrected chi connectivity index (χ1v) is 9.97. The Morgan fingerprint density at radius 3 is 2.00 bits per heavy atom. The van der Waals surface area contributed by atoms with Gasteiger partial charge in [0.05, 0.1) is 9.79 Å². The van der Waals surface area contributed by atoms with Crippen molar-refractivity contribution in [2.75, 3.05) is 13.6 Å². The molecule has 0 radical (unpaired) electrons. The van der Waals surface area contributed by atoms with Gasteiger partial charge in [-0.3, -0.25) is 0 Å². The van der Waals surface area contributed by atoms with Crippen LogP contribution in [0.1, 0.15) is 19.3 Å². The maximum atomic E-state index is 12.3. The molecule has 0 aromatic heterocycles. The molecule has 1 fully saturated rings. The van der Waals surface area contributed by atoms with E-state index in [2.05, 4.69) is 0 Å². The van der Waals surface area contributed by atoms with Gasteiger partial charge >= 0.3 is 0 Å². The second-order valence-corrected chi connectivity index (χ2v) is 9.60. The molecule has 0 aliphatic heterocycles. The summed E-state index contributed by atoms with van der Waals surface area (Å²) in [5.74, 6) is 0.428. The van der Waals surface area contributed by atoms with E-state index in [0.717, 1.165) is 19.3 Å². The van der Waals surface area contributed by atoms with Crippen molar-refractivity contribution in [2.45, 2.75) is 29.1 Å². The van der Waals surface area contributed by atoms with E-state index in [1.807, 2.05) is 0 Å². The maximum absolute atomic E-state index is 12.3. The molecular weight excluding hydrogens is 322 g/mol. The van der Waals surface area contributed by atoms with Crippen molar-refractivity contribution >= 4 is 29.8 Å². The highest BCUT2D eigenvalue weighted by Gasteiger charge is 2.26. The van der Waals surface area contributed by atoms with Gasteiger partial charge in [-0.15, -0.1) is 0 Å². The van der Waals surface area contributed by atoms with Crippen LogP contribution in [0.15, 0.2) is 34.1 Å². The van der Waals surface area contributed by atoms with E-state index in [9.17, 15) is 16.8 Å². The normalized spacial score (nSPS) is 17.1. The Labute approximate surface area is 124 Å². The molecule has 112 valence electrons. The third-order valence-corrected chi connectivity index (χ3v) is 6.76. The molecule has 5 nitrogen and oxygen atoms in total. The van der Waals surface area contributed by atoms with E-state index in [0.29, 0.717) is 12.5 Å². The largest absolute Gasteiger partial charge is 0.261 e. The van der Waals surface area contributed by atoms with E-state index < -0.39 is 19.1 Å². The zero-order valence-electron chi connectivity index (χ0n) is 11.0. The zero-order chi connectivity index (χ0) is 15.0. The number of hydrogen-bond donors (Lipinski definition) is 0. The number of rotatable bonds is 5. The first-order chi connectivity index (χ1) is 9.21. The Hall–Kier alpha value is -0.630. The van der Waals surface area contributed by atoms with Crippen LogP contribution < -0.4 is 0 Å². The summed E-state index contributed by atoms with van der Waals surface area (Å²) in [7, 11) is -0.676. The molecule has 0 heterocycles. The molecule has 0 saturated heterocycles. The monoisotopic (exact) mass is 337 g/mol. The van der Waals surface area contributed by atoms with Gasteiger partial charge in [-0.1, -0.05) is 6.42 Å². The molecular formula is C12H16ClNO4S2. The van der Waals surface area contributed by atoms with Gasteiger partial charge in [0.1, 0.15) is 0 Å². The summed E-state index contributed by atoms with van der Waals surface area (Å²) in [6.07, 6.45) is 3.27. The maximum Gasteiger partial charge on any atom is 0.261 e. The predicted molar refractivity (Wildman–Crippen MR) is 76.6 cm³/mol. The van der Waals surface area contributed by atoms with Crippen LogP contribution in [0, 0.1) is 5.92 Å². The molecule has 0 bridgehead atoms. The molecule has 0 N–H and O–H groups in total. The van der Waals surface area contributed by atoms with Crippen LogP contribution in [-0.4, -0.2) is 34.7 Å².